The molecule has 30 heavy (non-hydrogen) atoms. The molecular weight excluding hydrogens is 441 g/mol. The van der Waals surface area contributed by atoms with Crippen molar-refractivity contribution in [1.82, 2.24) is 4.90 Å². The first-order valence-corrected chi connectivity index (χ1v) is 9.17. The van der Waals surface area contributed by atoms with Crippen molar-refractivity contribution < 1.29 is 49.8 Å². The van der Waals surface area contributed by atoms with E-state index in [1.165, 1.54) is 14.2 Å². The molecule has 164 valence electrons. The predicted molar refractivity (Wildman–Crippen MR) is 91.0 cm³/mol. The Morgan fingerprint density at radius 3 is 2.30 bits per heavy atom. The number of hydrogen-bond acceptors (Lipinski definition) is 9. The quantitative estimate of drug-likeness (QED) is 0.198. The standard InChI is InChI=1S/C15H13F3N2O9S/c1-27-12-4-10(11(20(23)24)5-13(12)28-2)14(22)19-6-9(3-8(19)7-21)29-30(25,26)15(16,17)18/h4-8H,3H2,1-2H3/t8-/m0/s1. The van der Waals surface area contributed by atoms with Crippen LogP contribution in [-0.2, 0) is 19.1 Å². The van der Waals surface area contributed by atoms with Crippen molar-refractivity contribution in [3.05, 3.63) is 39.8 Å². The average Bonchev–Trinajstić information content (AvgIpc) is 3.07. The molecule has 11 nitrogen and oxygen atoms in total. The third-order valence-corrected chi connectivity index (χ3v) is 4.87. The van der Waals surface area contributed by atoms with Crippen LogP contribution in [0.1, 0.15) is 16.8 Å². The number of ether oxygens (including phenoxy) is 2. The van der Waals surface area contributed by atoms with Gasteiger partial charge in [-0.3, -0.25) is 14.9 Å². The number of nitro benzene ring substituents is 1. The molecule has 0 spiro atoms. The Kier molecular flexibility index (Phi) is 6.25. The van der Waals surface area contributed by atoms with Crippen molar-refractivity contribution in [2.24, 2.45) is 0 Å². The Labute approximate surface area is 166 Å². The monoisotopic (exact) mass is 454 g/mol. The van der Waals surface area contributed by atoms with Crippen molar-refractivity contribution in [3.63, 3.8) is 0 Å². The highest BCUT2D eigenvalue weighted by Crippen LogP contribution is 2.37. The first-order valence-electron chi connectivity index (χ1n) is 7.76. The van der Waals surface area contributed by atoms with Gasteiger partial charge in [0.15, 0.2) is 11.5 Å². The smallest absolute Gasteiger partial charge is 0.493 e. The van der Waals surface area contributed by atoms with Crippen LogP contribution in [0.2, 0.25) is 0 Å². The second-order valence-corrected chi connectivity index (χ2v) is 7.22. The van der Waals surface area contributed by atoms with Crippen LogP contribution in [0.15, 0.2) is 24.1 Å². The van der Waals surface area contributed by atoms with Crippen LogP contribution >= 0.6 is 0 Å². The lowest BCUT2D eigenvalue weighted by molar-refractivity contribution is -0.385. The van der Waals surface area contributed by atoms with Crippen LogP contribution < -0.4 is 9.47 Å². The highest BCUT2D eigenvalue weighted by molar-refractivity contribution is 7.87. The van der Waals surface area contributed by atoms with E-state index in [1.54, 1.807) is 0 Å². The zero-order chi connectivity index (χ0) is 22.9. The van der Waals surface area contributed by atoms with E-state index >= 15 is 0 Å². The number of hydrogen-bond donors (Lipinski definition) is 0. The largest absolute Gasteiger partial charge is 0.534 e. The molecule has 0 fully saturated rings. The van der Waals surface area contributed by atoms with Crippen LogP contribution in [0.4, 0.5) is 18.9 Å². The summed E-state index contributed by atoms with van der Waals surface area (Å²) in [5, 5.41) is 11.3. The van der Waals surface area contributed by atoms with E-state index in [0.717, 1.165) is 12.1 Å². The lowest BCUT2D eigenvalue weighted by atomic mass is 10.1. The predicted octanol–water partition coefficient (Wildman–Crippen LogP) is 1.73. The minimum absolute atomic E-state index is 0.0756. The van der Waals surface area contributed by atoms with Gasteiger partial charge in [0.2, 0.25) is 0 Å². The molecule has 15 heteroatoms. The number of nitro groups is 1. The normalized spacial score (nSPS) is 16.6. The Bertz CT molecular complexity index is 1020. The molecule has 0 aromatic heterocycles. The summed E-state index contributed by atoms with van der Waals surface area (Å²) >= 11 is 0. The van der Waals surface area contributed by atoms with Crippen LogP contribution in [0.5, 0.6) is 11.5 Å². The molecule has 1 heterocycles. The molecule has 0 saturated carbocycles. The summed E-state index contributed by atoms with van der Waals surface area (Å²) in [4.78, 5) is 35.0. The number of benzene rings is 1. The van der Waals surface area contributed by atoms with Gasteiger partial charge in [-0.25, -0.2) is 0 Å². The van der Waals surface area contributed by atoms with E-state index in [4.69, 9.17) is 9.47 Å². The van der Waals surface area contributed by atoms with Gasteiger partial charge in [-0.2, -0.15) is 21.6 Å². The lowest BCUT2D eigenvalue weighted by Gasteiger charge is -2.19. The van der Waals surface area contributed by atoms with Crippen molar-refractivity contribution >= 4 is 28.0 Å². The fourth-order valence-corrected chi connectivity index (χ4v) is 2.99. The van der Waals surface area contributed by atoms with Crippen LogP contribution in [0, 0.1) is 10.1 Å². The number of carbonyl (C=O) groups is 2. The second kappa shape index (κ2) is 8.17. The van der Waals surface area contributed by atoms with Crippen molar-refractivity contribution in [2.45, 2.75) is 18.0 Å². The van der Waals surface area contributed by atoms with E-state index < -0.39 is 55.9 Å². The number of amides is 1. The van der Waals surface area contributed by atoms with Gasteiger partial charge in [0, 0.05) is 18.7 Å². The van der Waals surface area contributed by atoms with E-state index in [2.05, 4.69) is 4.18 Å². The summed E-state index contributed by atoms with van der Waals surface area (Å²) in [5.41, 5.74) is -7.06. The van der Waals surface area contributed by atoms with E-state index in [0.29, 0.717) is 11.1 Å². The minimum Gasteiger partial charge on any atom is -0.493 e. The number of halogens is 3. The Balaban J connectivity index is 2.49. The Hall–Kier alpha value is -3.36. The van der Waals surface area contributed by atoms with Gasteiger partial charge in [0.05, 0.1) is 31.3 Å². The Morgan fingerprint density at radius 2 is 1.83 bits per heavy atom. The maximum absolute atomic E-state index is 12.8. The molecule has 1 aromatic carbocycles. The molecule has 0 aliphatic carbocycles. The highest BCUT2D eigenvalue weighted by atomic mass is 32.2. The zero-order valence-corrected chi connectivity index (χ0v) is 16.0. The third kappa shape index (κ3) is 4.29. The van der Waals surface area contributed by atoms with Crippen LogP contribution in [-0.4, -0.2) is 56.2 Å². The number of carbonyl (C=O) groups excluding carboxylic acids is 2. The summed E-state index contributed by atoms with van der Waals surface area (Å²) in [7, 11) is -3.65. The van der Waals surface area contributed by atoms with Crippen LogP contribution in [0.3, 0.4) is 0 Å². The lowest BCUT2D eigenvalue weighted by Crippen LogP contribution is -2.34. The fourth-order valence-electron chi connectivity index (χ4n) is 2.50. The Morgan fingerprint density at radius 1 is 1.27 bits per heavy atom. The maximum atomic E-state index is 12.8. The van der Waals surface area contributed by atoms with Gasteiger partial charge in [0.25, 0.3) is 11.6 Å². The summed E-state index contributed by atoms with van der Waals surface area (Å²) < 4.78 is 73.6. The number of methoxy groups -OCH3 is 2. The molecule has 0 saturated heterocycles. The molecule has 0 N–H and O–H groups in total. The number of nitrogens with zero attached hydrogens (tertiary/aromatic N) is 2. The topological polar surface area (TPSA) is 142 Å². The molecule has 0 bridgehead atoms. The molecule has 1 aliphatic rings. The van der Waals surface area contributed by atoms with Gasteiger partial charge >= 0.3 is 15.6 Å². The number of alkyl halides is 3. The molecule has 0 radical (unpaired) electrons. The molecule has 1 aromatic rings. The van der Waals surface area contributed by atoms with Gasteiger partial charge < -0.3 is 23.4 Å². The van der Waals surface area contributed by atoms with E-state index in [9.17, 15) is 41.3 Å². The molecule has 0 unspecified atom stereocenters. The maximum Gasteiger partial charge on any atom is 0.534 e. The number of aldehydes is 1. The summed E-state index contributed by atoms with van der Waals surface area (Å²) in [6.45, 7) is 0. The summed E-state index contributed by atoms with van der Waals surface area (Å²) in [5.74, 6) is -2.18. The summed E-state index contributed by atoms with van der Waals surface area (Å²) in [6, 6.07) is 0.372. The minimum atomic E-state index is -6.03. The molecule has 1 atom stereocenters. The first kappa shape index (κ1) is 22.9. The van der Waals surface area contributed by atoms with Crippen LogP contribution in [0.25, 0.3) is 0 Å². The average molecular weight is 454 g/mol. The second-order valence-electron chi connectivity index (χ2n) is 5.68. The molecule has 1 amide bonds. The summed E-state index contributed by atoms with van der Waals surface area (Å²) in [6.07, 6.45) is 0.0221. The van der Waals surface area contributed by atoms with Gasteiger partial charge in [-0.05, 0) is 0 Å². The number of rotatable bonds is 7. The molecule has 1 aliphatic heterocycles. The van der Waals surface area contributed by atoms with Crippen molar-refractivity contribution in [1.29, 1.82) is 0 Å². The van der Waals surface area contributed by atoms with Crippen molar-refractivity contribution in [2.75, 3.05) is 14.2 Å². The molecular formula is C15H13F3N2O9S. The highest BCUT2D eigenvalue weighted by Gasteiger charge is 2.49. The first-order chi connectivity index (χ1) is 13.9. The van der Waals surface area contributed by atoms with Gasteiger partial charge in [-0.1, -0.05) is 0 Å². The van der Waals surface area contributed by atoms with Gasteiger partial charge in [0.1, 0.15) is 17.6 Å². The third-order valence-electron chi connectivity index (χ3n) is 3.87. The molecule has 2 rings (SSSR count). The van der Waals surface area contributed by atoms with E-state index in [1.807, 2.05) is 0 Å². The van der Waals surface area contributed by atoms with Gasteiger partial charge in [-0.15, -0.1) is 0 Å². The zero-order valence-electron chi connectivity index (χ0n) is 15.2. The van der Waals surface area contributed by atoms with Crippen molar-refractivity contribution in [3.8, 4) is 11.5 Å². The van der Waals surface area contributed by atoms with E-state index in [-0.39, 0.29) is 17.8 Å². The SMILES string of the molecule is COc1cc(C(=O)N2C=C(OS(=O)(=O)C(F)(F)F)C[C@H]2C=O)c([N+](=O)[O-])cc1OC. The fraction of sp³-hybridized carbons (Fsp3) is 0.333.